The fraction of sp³-hybridized carbons (Fsp3) is 0.500. The molecule has 9 nitrogen and oxygen atoms in total. The number of nitrogens with one attached hydrogen (secondary N) is 1. The summed E-state index contributed by atoms with van der Waals surface area (Å²) in [5.41, 5.74) is 2.77. The van der Waals surface area contributed by atoms with Gasteiger partial charge in [0.2, 0.25) is 5.91 Å². The molecule has 2 aromatic rings. The SMILES string of the molecule is O=C(NCCCN1CCOCC1)[C@H]1Cc2cc([N+](=O)[O-])ccc2N2CCN(c3ccc(F)cc3)C[C@@H]12. The molecule has 0 saturated carbocycles. The maximum atomic E-state index is 13.5. The van der Waals surface area contributed by atoms with Crippen LogP contribution in [0, 0.1) is 21.8 Å². The Kier molecular flexibility index (Phi) is 7.33. The lowest BCUT2D eigenvalue weighted by Gasteiger charge is -2.49. The number of benzene rings is 2. The number of rotatable bonds is 7. The fourth-order valence-electron chi connectivity index (χ4n) is 5.58. The summed E-state index contributed by atoms with van der Waals surface area (Å²) in [6.45, 7) is 6.85. The number of nitrogens with zero attached hydrogens (tertiary/aromatic N) is 4. The number of carbonyl (C=O) groups excluding carboxylic acids is 1. The van der Waals surface area contributed by atoms with Crippen molar-refractivity contribution in [3.8, 4) is 0 Å². The molecule has 192 valence electrons. The van der Waals surface area contributed by atoms with E-state index in [0.29, 0.717) is 32.6 Å². The number of morpholine rings is 1. The molecule has 5 rings (SSSR count). The summed E-state index contributed by atoms with van der Waals surface area (Å²) < 4.78 is 18.9. The van der Waals surface area contributed by atoms with Crippen LogP contribution < -0.4 is 15.1 Å². The monoisotopic (exact) mass is 497 g/mol. The number of anilines is 2. The molecule has 2 aromatic carbocycles. The van der Waals surface area contributed by atoms with Gasteiger partial charge >= 0.3 is 0 Å². The third-order valence-electron chi connectivity index (χ3n) is 7.49. The van der Waals surface area contributed by atoms with Crippen molar-refractivity contribution in [1.82, 2.24) is 10.2 Å². The Bertz CT molecular complexity index is 1090. The van der Waals surface area contributed by atoms with E-state index in [1.165, 1.54) is 18.2 Å². The van der Waals surface area contributed by atoms with E-state index >= 15 is 0 Å². The lowest BCUT2D eigenvalue weighted by atomic mass is 9.83. The van der Waals surface area contributed by atoms with E-state index in [9.17, 15) is 19.3 Å². The Hall–Kier alpha value is -3.24. The van der Waals surface area contributed by atoms with Crippen LogP contribution in [-0.4, -0.2) is 80.8 Å². The smallest absolute Gasteiger partial charge is 0.269 e. The zero-order chi connectivity index (χ0) is 25.1. The van der Waals surface area contributed by atoms with Gasteiger partial charge < -0.3 is 19.9 Å². The standard InChI is InChI=1S/C26H32FN5O4/c27-20-2-4-21(5-3-20)30-10-11-31-24-7-6-22(32(34)35)16-19(24)17-23(25(31)18-30)26(33)28-8-1-9-29-12-14-36-15-13-29/h2-7,16,23,25H,1,8-15,17-18H2,(H,28,33)/t23-,25-/m0/s1. The van der Waals surface area contributed by atoms with Gasteiger partial charge in [-0.1, -0.05) is 0 Å². The maximum absolute atomic E-state index is 13.5. The third-order valence-corrected chi connectivity index (χ3v) is 7.49. The van der Waals surface area contributed by atoms with Gasteiger partial charge in [-0.25, -0.2) is 4.39 Å². The summed E-state index contributed by atoms with van der Waals surface area (Å²) in [7, 11) is 0. The summed E-state index contributed by atoms with van der Waals surface area (Å²) in [5.74, 6) is -0.642. The number of carbonyl (C=O) groups is 1. The average molecular weight is 498 g/mol. The minimum Gasteiger partial charge on any atom is -0.379 e. The second kappa shape index (κ2) is 10.8. The second-order valence-corrected chi connectivity index (χ2v) is 9.66. The van der Waals surface area contributed by atoms with E-state index in [1.807, 2.05) is 6.07 Å². The van der Waals surface area contributed by atoms with Crippen LogP contribution in [0.25, 0.3) is 0 Å². The predicted octanol–water partition coefficient (Wildman–Crippen LogP) is 2.44. The first kappa shape index (κ1) is 24.5. The van der Waals surface area contributed by atoms with Crippen molar-refractivity contribution in [3.05, 3.63) is 64.0 Å². The number of amides is 1. The van der Waals surface area contributed by atoms with Gasteiger partial charge in [0.1, 0.15) is 5.82 Å². The molecule has 1 amide bonds. The molecule has 10 heteroatoms. The minimum absolute atomic E-state index is 0.0231. The van der Waals surface area contributed by atoms with Crippen LogP contribution in [-0.2, 0) is 16.0 Å². The molecule has 3 heterocycles. The normalized spacial score (nSPS) is 22.0. The number of ether oxygens (including phenoxy) is 1. The lowest BCUT2D eigenvalue weighted by Crippen LogP contribution is -2.61. The Labute approximate surface area is 210 Å². The lowest BCUT2D eigenvalue weighted by molar-refractivity contribution is -0.384. The summed E-state index contributed by atoms with van der Waals surface area (Å²) in [4.78, 5) is 31.2. The largest absolute Gasteiger partial charge is 0.379 e. The number of hydrogen-bond acceptors (Lipinski definition) is 7. The molecule has 3 aliphatic rings. The molecule has 2 atom stereocenters. The predicted molar refractivity (Wildman–Crippen MR) is 135 cm³/mol. The quantitative estimate of drug-likeness (QED) is 0.357. The van der Waals surface area contributed by atoms with E-state index in [4.69, 9.17) is 4.74 Å². The molecule has 0 aromatic heterocycles. The first-order valence-electron chi connectivity index (χ1n) is 12.6. The van der Waals surface area contributed by atoms with E-state index in [1.54, 1.807) is 18.2 Å². The molecule has 1 N–H and O–H groups in total. The Morgan fingerprint density at radius 3 is 2.64 bits per heavy atom. The van der Waals surface area contributed by atoms with Crippen molar-refractivity contribution < 1.29 is 18.8 Å². The highest BCUT2D eigenvalue weighted by Gasteiger charge is 2.42. The Morgan fingerprint density at radius 2 is 1.89 bits per heavy atom. The van der Waals surface area contributed by atoms with Gasteiger partial charge in [0.05, 0.1) is 30.1 Å². The van der Waals surface area contributed by atoms with Crippen LogP contribution in [0.2, 0.25) is 0 Å². The molecule has 0 radical (unpaired) electrons. The van der Waals surface area contributed by atoms with Gasteiger partial charge in [-0.3, -0.25) is 19.8 Å². The fourth-order valence-corrected chi connectivity index (χ4v) is 5.58. The third kappa shape index (κ3) is 5.29. The van der Waals surface area contributed by atoms with Crippen LogP contribution in [0.4, 0.5) is 21.5 Å². The summed E-state index contributed by atoms with van der Waals surface area (Å²) in [6.07, 6.45) is 1.31. The van der Waals surface area contributed by atoms with Crippen molar-refractivity contribution >= 4 is 23.0 Å². The van der Waals surface area contributed by atoms with Crippen LogP contribution in [0.5, 0.6) is 0 Å². The Balaban J connectivity index is 1.32. The topological polar surface area (TPSA) is 91.2 Å². The van der Waals surface area contributed by atoms with Crippen LogP contribution in [0.15, 0.2) is 42.5 Å². The summed E-state index contributed by atoms with van der Waals surface area (Å²) >= 11 is 0. The van der Waals surface area contributed by atoms with Crippen molar-refractivity contribution in [1.29, 1.82) is 0 Å². The molecule has 3 aliphatic heterocycles. The minimum atomic E-state index is -0.389. The van der Waals surface area contributed by atoms with E-state index in [0.717, 1.165) is 56.2 Å². The van der Waals surface area contributed by atoms with Crippen LogP contribution >= 0.6 is 0 Å². The van der Waals surface area contributed by atoms with E-state index in [2.05, 4.69) is 20.0 Å². The molecule has 0 aliphatic carbocycles. The molecule has 2 fully saturated rings. The van der Waals surface area contributed by atoms with Crippen molar-refractivity contribution in [3.63, 3.8) is 0 Å². The second-order valence-electron chi connectivity index (χ2n) is 9.66. The zero-order valence-corrected chi connectivity index (χ0v) is 20.3. The number of nitro benzene ring substituents is 1. The van der Waals surface area contributed by atoms with Gasteiger partial charge in [-0.15, -0.1) is 0 Å². The highest BCUT2D eigenvalue weighted by Crippen LogP contribution is 2.38. The summed E-state index contributed by atoms with van der Waals surface area (Å²) in [6, 6.07) is 11.3. The Morgan fingerprint density at radius 1 is 1.11 bits per heavy atom. The van der Waals surface area contributed by atoms with Gasteiger partial charge in [0, 0.05) is 62.8 Å². The number of non-ortho nitro benzene ring substituents is 1. The molecule has 36 heavy (non-hydrogen) atoms. The first-order valence-corrected chi connectivity index (χ1v) is 12.6. The van der Waals surface area contributed by atoms with Gasteiger partial charge in [0.25, 0.3) is 5.69 Å². The molecule has 2 saturated heterocycles. The van der Waals surface area contributed by atoms with Gasteiger partial charge in [-0.2, -0.15) is 0 Å². The number of hydrogen-bond donors (Lipinski definition) is 1. The van der Waals surface area contributed by atoms with Crippen molar-refractivity contribution in [2.45, 2.75) is 18.9 Å². The maximum Gasteiger partial charge on any atom is 0.269 e. The molecule has 0 bridgehead atoms. The highest BCUT2D eigenvalue weighted by atomic mass is 19.1. The first-order chi connectivity index (χ1) is 17.5. The van der Waals surface area contributed by atoms with Crippen molar-refractivity contribution in [2.75, 3.05) is 68.8 Å². The molecular formula is C26H32FN5O4. The zero-order valence-electron chi connectivity index (χ0n) is 20.3. The highest BCUT2D eigenvalue weighted by molar-refractivity contribution is 5.82. The van der Waals surface area contributed by atoms with Crippen LogP contribution in [0.1, 0.15) is 12.0 Å². The average Bonchev–Trinajstić information content (AvgIpc) is 2.91. The van der Waals surface area contributed by atoms with E-state index in [-0.39, 0.29) is 34.3 Å². The molecular weight excluding hydrogens is 465 g/mol. The summed E-state index contributed by atoms with van der Waals surface area (Å²) in [5, 5.41) is 14.5. The molecule has 0 unspecified atom stereocenters. The van der Waals surface area contributed by atoms with Gasteiger partial charge in [-0.05, 0) is 55.3 Å². The van der Waals surface area contributed by atoms with Gasteiger partial charge in [0.15, 0.2) is 0 Å². The number of fused-ring (bicyclic) bond motifs is 3. The number of piperazine rings is 1. The number of nitro groups is 1. The molecule has 0 spiro atoms. The van der Waals surface area contributed by atoms with E-state index < -0.39 is 0 Å². The number of halogens is 1. The van der Waals surface area contributed by atoms with Crippen LogP contribution in [0.3, 0.4) is 0 Å². The van der Waals surface area contributed by atoms with Crippen molar-refractivity contribution in [2.24, 2.45) is 5.92 Å².